The molecule has 0 radical (unpaired) electrons. The normalized spacial score (nSPS) is 10.2. The maximum Gasteiger partial charge on any atom is 0.173 e. The van der Waals surface area contributed by atoms with Crippen LogP contribution in [0.1, 0.15) is 33.4 Å². The number of hydrogen-bond acceptors (Lipinski definition) is 0. The molecule has 3 aromatic carbocycles. The number of benzene rings is 3. The van der Waals surface area contributed by atoms with E-state index in [2.05, 4.69) is 143 Å². The molecule has 0 aliphatic rings. The summed E-state index contributed by atoms with van der Waals surface area (Å²) in [5, 5.41) is 0. The van der Waals surface area contributed by atoms with Gasteiger partial charge in [-0.2, -0.15) is 0 Å². The Bertz CT molecular complexity index is 1200. The van der Waals surface area contributed by atoms with Gasteiger partial charge in [-0.3, -0.25) is 0 Å². The third-order valence-corrected chi connectivity index (χ3v) is 6.18. The lowest BCUT2D eigenvalue weighted by Gasteiger charge is -2.04. The van der Waals surface area contributed by atoms with Crippen molar-refractivity contribution in [3.8, 4) is 0 Å². The molecule has 0 spiro atoms. The summed E-state index contributed by atoms with van der Waals surface area (Å²) in [5.41, 5.74) is 7.99. The molecule has 0 amide bonds. The van der Waals surface area contributed by atoms with Crippen molar-refractivity contribution < 1.29 is 43.1 Å². The topological polar surface area (TPSA) is 7.76 Å². The van der Waals surface area contributed by atoms with Crippen molar-refractivity contribution in [2.24, 2.45) is 0 Å². The average molecular weight is 602 g/mol. The lowest BCUT2D eigenvalue weighted by atomic mass is 10.1. The van der Waals surface area contributed by atoms with Gasteiger partial charge in [0.1, 0.15) is 0 Å². The van der Waals surface area contributed by atoms with Gasteiger partial charge in [0.15, 0.2) is 37.9 Å². The maximum atomic E-state index is 2.24. The zero-order chi connectivity index (χ0) is 23.0. The summed E-state index contributed by atoms with van der Waals surface area (Å²) in [6.45, 7) is 1.76. The highest BCUT2D eigenvalue weighted by Gasteiger charge is 2.07. The molecule has 0 saturated carbocycles. The van der Waals surface area contributed by atoms with E-state index in [1.165, 1.54) is 33.4 Å². The Balaban J connectivity index is 0.00000180. The second-order valence-corrected chi connectivity index (χ2v) is 8.90. The summed E-state index contributed by atoms with van der Waals surface area (Å²) in [7, 11) is 0. The van der Waals surface area contributed by atoms with E-state index in [9.17, 15) is 0 Å². The lowest BCUT2D eigenvalue weighted by molar-refractivity contribution is -0.689. The van der Waals surface area contributed by atoms with Gasteiger partial charge in [0.25, 0.3) is 0 Å². The molecule has 36 heavy (non-hydrogen) atoms. The van der Waals surface area contributed by atoms with Crippen LogP contribution in [0.15, 0.2) is 134 Å². The van der Waals surface area contributed by atoms with Gasteiger partial charge >= 0.3 is 0 Å². The van der Waals surface area contributed by atoms with E-state index >= 15 is 0 Å². The minimum Gasteiger partial charge on any atom is -1.00 e. The zero-order valence-electron chi connectivity index (χ0n) is 20.2. The quantitative estimate of drug-likeness (QED) is 0.213. The van der Waals surface area contributed by atoms with E-state index in [0.717, 1.165) is 25.9 Å². The van der Waals surface area contributed by atoms with Gasteiger partial charge in [-0.25, -0.2) is 9.13 Å². The van der Waals surface area contributed by atoms with Crippen LogP contribution < -0.4 is 43.1 Å². The SMILES string of the molecule is [Br-].[Br-].c1ccc(Cc2cc[n+](Cc3ccc(C[n+]4ccc(Cc5ccccc5)cc4)cc3)cc2)cc1. The molecule has 0 aliphatic heterocycles. The summed E-state index contributed by atoms with van der Waals surface area (Å²) in [6, 6.07) is 39.1. The number of pyridine rings is 2. The minimum atomic E-state index is 0. The fourth-order valence-corrected chi connectivity index (χ4v) is 4.26. The molecular formula is C32H30Br2N2. The molecule has 182 valence electrons. The second-order valence-electron chi connectivity index (χ2n) is 8.90. The fourth-order valence-electron chi connectivity index (χ4n) is 4.26. The Hall–Kier alpha value is -3.08. The highest BCUT2D eigenvalue weighted by Crippen LogP contribution is 2.10. The van der Waals surface area contributed by atoms with Gasteiger partial charge in [-0.1, -0.05) is 84.9 Å². The molecule has 0 N–H and O–H groups in total. The van der Waals surface area contributed by atoms with Crippen molar-refractivity contribution in [2.75, 3.05) is 0 Å². The average Bonchev–Trinajstić information content (AvgIpc) is 2.89. The van der Waals surface area contributed by atoms with Crippen LogP contribution in [-0.2, 0) is 25.9 Å². The van der Waals surface area contributed by atoms with Gasteiger partial charge in [-0.05, 0) is 35.1 Å². The Morgan fingerprint density at radius 1 is 0.333 bits per heavy atom. The first-order valence-corrected chi connectivity index (χ1v) is 11.9. The molecule has 0 aliphatic carbocycles. The molecule has 0 saturated heterocycles. The van der Waals surface area contributed by atoms with E-state index in [1.807, 2.05) is 0 Å². The van der Waals surface area contributed by atoms with Crippen molar-refractivity contribution in [1.82, 2.24) is 0 Å². The maximum absolute atomic E-state index is 2.24. The molecular weight excluding hydrogens is 572 g/mol. The van der Waals surface area contributed by atoms with Crippen LogP contribution in [0.2, 0.25) is 0 Å². The largest absolute Gasteiger partial charge is 1.00 e. The van der Waals surface area contributed by atoms with E-state index in [4.69, 9.17) is 0 Å². The number of nitrogens with zero attached hydrogens (tertiary/aromatic N) is 2. The van der Waals surface area contributed by atoms with Crippen LogP contribution >= 0.6 is 0 Å². The lowest BCUT2D eigenvalue weighted by Crippen LogP contribution is -3.00. The predicted molar refractivity (Wildman–Crippen MR) is 136 cm³/mol. The number of rotatable bonds is 8. The summed E-state index contributed by atoms with van der Waals surface area (Å²) in [6.07, 6.45) is 10.7. The summed E-state index contributed by atoms with van der Waals surface area (Å²) < 4.78 is 4.48. The Morgan fingerprint density at radius 2 is 0.639 bits per heavy atom. The first kappa shape index (κ1) is 27.5. The van der Waals surface area contributed by atoms with Crippen molar-refractivity contribution in [3.63, 3.8) is 0 Å². The third kappa shape index (κ3) is 7.97. The second kappa shape index (κ2) is 13.9. The molecule has 0 atom stereocenters. The third-order valence-electron chi connectivity index (χ3n) is 6.18. The standard InChI is InChI=1S/C32H30N2.2BrH/c1-3-7-27(8-4-1)23-29-15-19-33(20-16-29)25-31-11-13-32(14-12-31)26-34-21-17-30(18-22-34)24-28-9-5-2-6-10-28;;/h1-22H,23-26H2;2*1H/q+2;;/p-2. The minimum absolute atomic E-state index is 0. The molecule has 0 fully saturated rings. The van der Waals surface area contributed by atoms with Crippen molar-refractivity contribution >= 4 is 0 Å². The highest BCUT2D eigenvalue weighted by molar-refractivity contribution is 5.25. The van der Waals surface area contributed by atoms with Gasteiger partial charge < -0.3 is 34.0 Å². The van der Waals surface area contributed by atoms with Gasteiger partial charge in [0.2, 0.25) is 0 Å². The Kier molecular flexibility index (Phi) is 10.6. The summed E-state index contributed by atoms with van der Waals surface area (Å²) >= 11 is 0. The van der Waals surface area contributed by atoms with Crippen LogP contribution in [0.5, 0.6) is 0 Å². The number of hydrogen-bond donors (Lipinski definition) is 0. The van der Waals surface area contributed by atoms with Crippen molar-refractivity contribution in [1.29, 1.82) is 0 Å². The van der Waals surface area contributed by atoms with Crippen LogP contribution in [0.25, 0.3) is 0 Å². The van der Waals surface area contributed by atoms with E-state index in [0.29, 0.717) is 0 Å². The molecule has 2 aromatic heterocycles. The van der Waals surface area contributed by atoms with Crippen LogP contribution in [-0.4, -0.2) is 0 Å². The molecule has 4 heteroatoms. The van der Waals surface area contributed by atoms with E-state index < -0.39 is 0 Å². The molecule has 5 aromatic rings. The molecule has 2 nitrogen and oxygen atoms in total. The first-order valence-electron chi connectivity index (χ1n) is 11.9. The molecule has 2 heterocycles. The van der Waals surface area contributed by atoms with Crippen molar-refractivity contribution in [2.45, 2.75) is 25.9 Å². The Morgan fingerprint density at radius 3 is 0.972 bits per heavy atom. The smallest absolute Gasteiger partial charge is 0.173 e. The van der Waals surface area contributed by atoms with Crippen molar-refractivity contribution in [3.05, 3.63) is 167 Å². The summed E-state index contributed by atoms with van der Waals surface area (Å²) in [4.78, 5) is 0. The number of halogens is 2. The monoisotopic (exact) mass is 600 g/mol. The van der Waals surface area contributed by atoms with Gasteiger partial charge in [0, 0.05) is 35.4 Å². The zero-order valence-corrected chi connectivity index (χ0v) is 23.4. The van der Waals surface area contributed by atoms with E-state index in [-0.39, 0.29) is 34.0 Å². The van der Waals surface area contributed by atoms with Crippen LogP contribution in [0.4, 0.5) is 0 Å². The Labute approximate surface area is 235 Å². The number of aromatic nitrogens is 2. The summed E-state index contributed by atoms with van der Waals surface area (Å²) in [5.74, 6) is 0. The van der Waals surface area contributed by atoms with Crippen LogP contribution in [0, 0.1) is 0 Å². The first-order chi connectivity index (χ1) is 16.8. The predicted octanol–water partition coefficient (Wildman–Crippen LogP) is -0.452. The molecule has 0 unspecified atom stereocenters. The van der Waals surface area contributed by atoms with E-state index in [1.54, 1.807) is 0 Å². The molecule has 0 bridgehead atoms. The molecule has 5 rings (SSSR count). The van der Waals surface area contributed by atoms with Gasteiger partial charge in [0.05, 0.1) is 0 Å². The van der Waals surface area contributed by atoms with Gasteiger partial charge in [-0.15, -0.1) is 0 Å². The highest BCUT2D eigenvalue weighted by atomic mass is 79.9. The fraction of sp³-hybridized carbons (Fsp3) is 0.125. The van der Waals surface area contributed by atoms with Crippen LogP contribution in [0.3, 0.4) is 0 Å².